The van der Waals surface area contributed by atoms with E-state index in [1.165, 1.54) is 22.6 Å². The molecule has 186 valence electrons. The van der Waals surface area contributed by atoms with Gasteiger partial charge in [0, 0.05) is 32.8 Å². The van der Waals surface area contributed by atoms with Gasteiger partial charge in [-0.2, -0.15) is 9.30 Å². The normalized spacial score (nSPS) is 17.2. The van der Waals surface area contributed by atoms with Crippen molar-refractivity contribution < 1.29 is 22.7 Å². The number of nitrogens with one attached hydrogen (secondary N) is 1. The average molecular weight is 517 g/mol. The number of carbonyl (C=O) groups is 2. The number of hydrogen-bond donors (Lipinski definition) is 1. The van der Waals surface area contributed by atoms with Crippen molar-refractivity contribution in [1.29, 1.82) is 0 Å². The molecule has 35 heavy (non-hydrogen) atoms. The Morgan fingerprint density at radius 2 is 1.94 bits per heavy atom. The molecule has 2 heterocycles. The van der Waals surface area contributed by atoms with E-state index in [4.69, 9.17) is 4.74 Å². The van der Waals surface area contributed by atoms with E-state index in [-0.39, 0.29) is 17.3 Å². The van der Waals surface area contributed by atoms with Gasteiger partial charge in [0.05, 0.1) is 21.7 Å². The lowest BCUT2D eigenvalue weighted by Crippen LogP contribution is -2.40. The molecule has 0 radical (unpaired) electrons. The van der Waals surface area contributed by atoms with Crippen molar-refractivity contribution in [3.05, 3.63) is 52.8 Å². The van der Waals surface area contributed by atoms with Crippen LogP contribution in [0.2, 0.25) is 0 Å². The van der Waals surface area contributed by atoms with Crippen LogP contribution in [0.15, 0.2) is 52.4 Å². The smallest absolute Gasteiger partial charge is 0.266 e. The van der Waals surface area contributed by atoms with Crippen LogP contribution in [-0.4, -0.2) is 55.4 Å². The third-order valence-electron chi connectivity index (χ3n) is 5.84. The maximum absolute atomic E-state index is 13.3. The van der Waals surface area contributed by atoms with Crippen LogP contribution in [0.1, 0.15) is 25.3 Å². The number of methoxy groups -OCH3 is 1. The van der Waals surface area contributed by atoms with Crippen LogP contribution in [0.3, 0.4) is 0 Å². The lowest BCUT2D eigenvalue weighted by molar-refractivity contribution is -0.121. The van der Waals surface area contributed by atoms with Gasteiger partial charge in [-0.3, -0.25) is 9.59 Å². The predicted molar refractivity (Wildman–Crippen MR) is 135 cm³/mol. The minimum Gasteiger partial charge on any atom is -0.383 e. The van der Waals surface area contributed by atoms with Crippen LogP contribution >= 0.6 is 11.3 Å². The molecule has 1 unspecified atom stereocenters. The number of carbonyl (C=O) groups excluding carboxylic acids is 2. The second-order valence-corrected chi connectivity index (χ2v) is 11.3. The van der Waals surface area contributed by atoms with Crippen LogP contribution in [0, 0.1) is 6.92 Å². The van der Waals surface area contributed by atoms with E-state index in [2.05, 4.69) is 10.3 Å². The summed E-state index contributed by atoms with van der Waals surface area (Å²) in [6, 6.07) is 11.3. The molecule has 11 heteroatoms. The van der Waals surface area contributed by atoms with Gasteiger partial charge in [0.15, 0.2) is 4.80 Å². The number of thiazole rings is 1. The Kier molecular flexibility index (Phi) is 7.50. The molecule has 1 aromatic heterocycles. The lowest BCUT2D eigenvalue weighted by Gasteiger charge is -2.21. The monoisotopic (exact) mass is 516 g/mol. The molecular weight excluding hydrogens is 488 g/mol. The van der Waals surface area contributed by atoms with E-state index in [1.54, 1.807) is 37.4 Å². The van der Waals surface area contributed by atoms with Crippen LogP contribution < -0.4 is 10.1 Å². The van der Waals surface area contributed by atoms with Gasteiger partial charge in [0.25, 0.3) is 5.91 Å². The maximum atomic E-state index is 13.3. The zero-order chi connectivity index (χ0) is 25.2. The quantitative estimate of drug-likeness (QED) is 0.519. The Morgan fingerprint density at radius 3 is 2.63 bits per heavy atom. The first-order chi connectivity index (χ1) is 16.7. The largest absolute Gasteiger partial charge is 0.383 e. The zero-order valence-corrected chi connectivity index (χ0v) is 21.5. The number of benzene rings is 2. The maximum Gasteiger partial charge on any atom is 0.266 e. The first kappa shape index (κ1) is 25.2. The number of anilines is 1. The van der Waals surface area contributed by atoms with Crippen molar-refractivity contribution in [3.8, 4) is 0 Å². The summed E-state index contributed by atoms with van der Waals surface area (Å²) in [4.78, 5) is 29.8. The SMILES string of the molecule is COCCn1c(=NC(=O)C2CCCN2S(=O)(=O)c2ccc(C)cc2)sc2cc(NC(C)=O)ccc21. The number of fused-ring (bicyclic) bond motifs is 1. The molecule has 0 aliphatic carbocycles. The molecule has 4 rings (SSSR count). The molecule has 3 aromatic rings. The Hall–Kier alpha value is -2.86. The first-order valence-corrected chi connectivity index (χ1v) is 13.5. The molecule has 1 aliphatic rings. The standard InChI is InChI=1S/C24H28N4O5S2/c1-16-6-9-19(10-7-16)35(31,32)28-12-4-5-21(28)23(30)26-24-27(13-14-33-3)20-11-8-18(25-17(2)29)15-22(20)34-24/h6-11,15,21H,4-5,12-14H2,1-3H3,(H,25,29). The van der Waals surface area contributed by atoms with Crippen LogP contribution in [0.25, 0.3) is 10.2 Å². The predicted octanol–water partition coefficient (Wildman–Crippen LogP) is 2.90. The highest BCUT2D eigenvalue weighted by atomic mass is 32.2. The second-order valence-electron chi connectivity index (χ2n) is 8.43. The van der Waals surface area contributed by atoms with Gasteiger partial charge in [-0.25, -0.2) is 8.42 Å². The summed E-state index contributed by atoms with van der Waals surface area (Å²) in [5.41, 5.74) is 2.46. The van der Waals surface area contributed by atoms with Crippen molar-refractivity contribution in [2.24, 2.45) is 4.99 Å². The molecule has 1 saturated heterocycles. The summed E-state index contributed by atoms with van der Waals surface area (Å²) in [5.74, 6) is -0.664. The summed E-state index contributed by atoms with van der Waals surface area (Å²) in [6.07, 6.45) is 1.01. The van der Waals surface area contributed by atoms with E-state index in [0.717, 1.165) is 15.8 Å². The fourth-order valence-electron chi connectivity index (χ4n) is 4.13. The molecule has 1 N–H and O–H groups in total. The highest BCUT2D eigenvalue weighted by molar-refractivity contribution is 7.89. The Balaban J connectivity index is 1.71. The third-order valence-corrected chi connectivity index (χ3v) is 8.81. The van der Waals surface area contributed by atoms with Crippen molar-refractivity contribution in [2.75, 3.05) is 25.6 Å². The minimum atomic E-state index is -3.82. The van der Waals surface area contributed by atoms with Crippen LogP contribution in [-0.2, 0) is 30.9 Å². The second kappa shape index (κ2) is 10.4. The lowest BCUT2D eigenvalue weighted by atomic mass is 10.2. The van der Waals surface area contributed by atoms with E-state index in [9.17, 15) is 18.0 Å². The molecule has 1 fully saturated rings. The van der Waals surface area contributed by atoms with Gasteiger partial charge in [-0.05, 0) is 50.1 Å². The molecule has 9 nitrogen and oxygen atoms in total. The Labute approximate surface area is 208 Å². The molecule has 1 atom stereocenters. The van der Waals surface area contributed by atoms with Gasteiger partial charge in [-0.1, -0.05) is 29.0 Å². The number of ether oxygens (including phenoxy) is 1. The van der Waals surface area contributed by atoms with Crippen LogP contribution in [0.4, 0.5) is 5.69 Å². The van der Waals surface area contributed by atoms with Gasteiger partial charge >= 0.3 is 0 Å². The van der Waals surface area contributed by atoms with Crippen molar-refractivity contribution >= 4 is 49.1 Å². The topological polar surface area (TPSA) is 110 Å². The van der Waals surface area contributed by atoms with E-state index < -0.39 is 22.0 Å². The van der Waals surface area contributed by atoms with Crippen molar-refractivity contribution in [1.82, 2.24) is 8.87 Å². The third kappa shape index (κ3) is 5.37. The molecule has 0 bridgehead atoms. The van der Waals surface area contributed by atoms with Crippen molar-refractivity contribution in [2.45, 2.75) is 44.2 Å². The fraction of sp³-hybridized carbons (Fsp3) is 0.375. The average Bonchev–Trinajstić information content (AvgIpc) is 3.43. The molecular formula is C24H28N4O5S2. The Morgan fingerprint density at radius 1 is 1.20 bits per heavy atom. The molecule has 2 amide bonds. The van der Waals surface area contributed by atoms with Gasteiger partial charge in [0.2, 0.25) is 15.9 Å². The van der Waals surface area contributed by atoms with Crippen molar-refractivity contribution in [3.63, 3.8) is 0 Å². The number of rotatable bonds is 7. The number of amides is 2. The number of nitrogens with zero attached hydrogens (tertiary/aromatic N) is 3. The summed E-state index contributed by atoms with van der Waals surface area (Å²) < 4.78 is 35.8. The zero-order valence-electron chi connectivity index (χ0n) is 19.9. The molecule has 1 aliphatic heterocycles. The summed E-state index contributed by atoms with van der Waals surface area (Å²) in [7, 11) is -2.22. The summed E-state index contributed by atoms with van der Waals surface area (Å²) in [5, 5.41) is 2.76. The summed E-state index contributed by atoms with van der Waals surface area (Å²) >= 11 is 1.31. The van der Waals surface area contributed by atoms with Gasteiger partial charge in [-0.15, -0.1) is 0 Å². The molecule has 0 saturated carbocycles. The summed E-state index contributed by atoms with van der Waals surface area (Å²) in [6.45, 7) is 4.49. The number of aryl methyl sites for hydroxylation is 1. The fourth-order valence-corrected chi connectivity index (χ4v) is 6.88. The molecule has 0 spiro atoms. The highest BCUT2D eigenvalue weighted by Crippen LogP contribution is 2.27. The van der Waals surface area contributed by atoms with E-state index in [1.807, 2.05) is 23.6 Å². The Bertz CT molecular complexity index is 1420. The first-order valence-electron chi connectivity index (χ1n) is 11.3. The number of aromatic nitrogens is 1. The minimum absolute atomic E-state index is 0.172. The number of hydrogen-bond acceptors (Lipinski definition) is 6. The van der Waals surface area contributed by atoms with Gasteiger partial charge in [0.1, 0.15) is 6.04 Å². The molecule has 2 aromatic carbocycles. The van der Waals surface area contributed by atoms with E-state index in [0.29, 0.717) is 36.5 Å². The number of sulfonamides is 1. The highest BCUT2D eigenvalue weighted by Gasteiger charge is 2.39. The van der Waals surface area contributed by atoms with Crippen LogP contribution in [0.5, 0.6) is 0 Å². The van der Waals surface area contributed by atoms with Gasteiger partial charge < -0.3 is 14.6 Å². The van der Waals surface area contributed by atoms with E-state index >= 15 is 0 Å².